The summed E-state index contributed by atoms with van der Waals surface area (Å²) in [6.07, 6.45) is -0.644. The van der Waals surface area contributed by atoms with Crippen molar-refractivity contribution in [2.45, 2.75) is 6.10 Å². The van der Waals surface area contributed by atoms with E-state index < -0.39 is 6.09 Å². The molecule has 0 radical (unpaired) electrons. The van der Waals surface area contributed by atoms with Crippen LogP contribution in [0, 0.1) is 0 Å². The van der Waals surface area contributed by atoms with E-state index in [9.17, 15) is 9.59 Å². The lowest BCUT2D eigenvalue weighted by molar-refractivity contribution is -0.123. The molecule has 1 rings (SSSR count). The zero-order chi connectivity index (χ0) is 12.7. The van der Waals surface area contributed by atoms with Gasteiger partial charge in [-0.1, -0.05) is 0 Å². The van der Waals surface area contributed by atoms with Gasteiger partial charge in [-0.3, -0.25) is 15.0 Å². The number of carbonyl (C=O) groups is 2. The molecule has 1 aliphatic heterocycles. The molecule has 0 aromatic rings. The molecule has 7 heteroatoms. The number of ether oxygens (including phenoxy) is 2. The molecule has 0 spiro atoms. The van der Waals surface area contributed by atoms with Gasteiger partial charge in [0, 0.05) is 19.6 Å². The van der Waals surface area contributed by atoms with E-state index in [2.05, 4.69) is 15.4 Å². The van der Waals surface area contributed by atoms with E-state index in [1.807, 2.05) is 11.9 Å². The predicted octanol–water partition coefficient (Wildman–Crippen LogP) is -1.21. The van der Waals surface area contributed by atoms with Crippen molar-refractivity contribution in [2.75, 3.05) is 46.9 Å². The maximum absolute atomic E-state index is 11.4. The van der Waals surface area contributed by atoms with Gasteiger partial charge in [0.05, 0.1) is 26.4 Å². The number of imide groups is 1. The lowest BCUT2D eigenvalue weighted by atomic mass is 10.2. The Balaban J connectivity index is 2.30. The quantitative estimate of drug-likeness (QED) is 0.647. The van der Waals surface area contributed by atoms with Gasteiger partial charge in [-0.05, 0) is 7.05 Å². The van der Waals surface area contributed by atoms with Crippen molar-refractivity contribution in [3.05, 3.63) is 0 Å². The Bertz CT molecular complexity index is 270. The van der Waals surface area contributed by atoms with E-state index >= 15 is 0 Å². The van der Waals surface area contributed by atoms with E-state index in [1.165, 1.54) is 7.11 Å². The van der Waals surface area contributed by atoms with E-state index in [0.717, 1.165) is 6.54 Å². The molecular formula is C10H19N3O4. The van der Waals surface area contributed by atoms with Gasteiger partial charge in [0.15, 0.2) is 0 Å². The lowest BCUT2D eigenvalue weighted by Crippen LogP contribution is -2.49. The lowest BCUT2D eigenvalue weighted by Gasteiger charge is -2.32. The first-order valence-electron chi connectivity index (χ1n) is 5.52. The van der Waals surface area contributed by atoms with Gasteiger partial charge in [0.25, 0.3) is 0 Å². The fraction of sp³-hybridized carbons (Fsp3) is 0.800. The Hall–Kier alpha value is -1.18. The zero-order valence-corrected chi connectivity index (χ0v) is 10.2. The Morgan fingerprint density at radius 1 is 1.53 bits per heavy atom. The largest absolute Gasteiger partial charge is 0.453 e. The Labute approximate surface area is 100 Å². The van der Waals surface area contributed by atoms with Gasteiger partial charge in [-0.15, -0.1) is 0 Å². The second-order valence-electron chi connectivity index (χ2n) is 3.83. The first-order valence-corrected chi connectivity index (χ1v) is 5.52. The highest BCUT2D eigenvalue weighted by molar-refractivity contribution is 5.92. The first-order chi connectivity index (χ1) is 8.15. The second-order valence-corrected chi connectivity index (χ2v) is 3.83. The molecule has 17 heavy (non-hydrogen) atoms. The number of alkyl carbamates (subject to hydrolysis) is 1. The number of likely N-dealkylation sites (N-methyl/N-ethyl adjacent to an activating group) is 1. The van der Waals surface area contributed by atoms with E-state index in [1.54, 1.807) is 0 Å². The predicted molar refractivity (Wildman–Crippen MR) is 60.7 cm³/mol. The van der Waals surface area contributed by atoms with Crippen molar-refractivity contribution < 1.29 is 19.1 Å². The Morgan fingerprint density at radius 2 is 2.29 bits per heavy atom. The molecule has 1 aliphatic rings. The molecule has 98 valence electrons. The number of hydrogen-bond donors (Lipinski definition) is 2. The van der Waals surface area contributed by atoms with E-state index in [4.69, 9.17) is 4.74 Å². The maximum atomic E-state index is 11.4. The molecule has 0 aromatic heterocycles. The van der Waals surface area contributed by atoms with E-state index in [0.29, 0.717) is 19.7 Å². The smallest absolute Gasteiger partial charge is 0.413 e. The monoisotopic (exact) mass is 245 g/mol. The summed E-state index contributed by atoms with van der Waals surface area (Å²) in [5.41, 5.74) is 0. The van der Waals surface area contributed by atoms with Gasteiger partial charge in [-0.25, -0.2) is 4.79 Å². The van der Waals surface area contributed by atoms with Crippen molar-refractivity contribution in [3.63, 3.8) is 0 Å². The number of nitrogens with zero attached hydrogens (tertiary/aromatic N) is 1. The summed E-state index contributed by atoms with van der Waals surface area (Å²) >= 11 is 0. The summed E-state index contributed by atoms with van der Waals surface area (Å²) in [4.78, 5) is 24.2. The minimum atomic E-state index is -0.727. The van der Waals surface area contributed by atoms with Crippen LogP contribution in [0.4, 0.5) is 4.79 Å². The highest BCUT2D eigenvalue weighted by Crippen LogP contribution is 2.03. The highest BCUT2D eigenvalue weighted by atomic mass is 16.5. The fourth-order valence-corrected chi connectivity index (χ4v) is 1.68. The summed E-state index contributed by atoms with van der Waals surface area (Å²) in [5, 5.41) is 5.15. The van der Waals surface area contributed by atoms with Gasteiger partial charge in [-0.2, -0.15) is 0 Å². The average Bonchev–Trinajstić information content (AvgIpc) is 2.29. The van der Waals surface area contributed by atoms with Crippen LogP contribution in [0.25, 0.3) is 0 Å². The van der Waals surface area contributed by atoms with Crippen LogP contribution < -0.4 is 10.6 Å². The highest BCUT2D eigenvalue weighted by Gasteiger charge is 2.22. The van der Waals surface area contributed by atoms with Gasteiger partial charge >= 0.3 is 6.09 Å². The molecule has 1 fully saturated rings. The van der Waals surface area contributed by atoms with Crippen LogP contribution in [0.2, 0.25) is 0 Å². The van der Waals surface area contributed by atoms with Crippen molar-refractivity contribution in [2.24, 2.45) is 0 Å². The van der Waals surface area contributed by atoms with Crippen LogP contribution in [0.1, 0.15) is 0 Å². The summed E-state index contributed by atoms with van der Waals surface area (Å²) in [6, 6.07) is 0. The van der Waals surface area contributed by atoms with Crippen LogP contribution in [0.5, 0.6) is 0 Å². The molecule has 1 unspecified atom stereocenters. The van der Waals surface area contributed by atoms with Crippen molar-refractivity contribution >= 4 is 12.0 Å². The van der Waals surface area contributed by atoms with Crippen LogP contribution in [-0.4, -0.2) is 69.9 Å². The molecular weight excluding hydrogens is 226 g/mol. The molecule has 0 aliphatic carbocycles. The van der Waals surface area contributed by atoms with Gasteiger partial charge in [0.1, 0.15) is 0 Å². The summed E-state index contributed by atoms with van der Waals surface area (Å²) in [6.45, 7) is 2.88. The number of carbonyl (C=O) groups excluding carboxylic acids is 2. The second kappa shape index (κ2) is 7.21. The summed E-state index contributed by atoms with van der Waals surface area (Å²) < 4.78 is 9.85. The normalized spacial score (nSPS) is 20.9. The Morgan fingerprint density at radius 3 is 2.94 bits per heavy atom. The third kappa shape index (κ3) is 5.12. The molecule has 0 bridgehead atoms. The van der Waals surface area contributed by atoms with Crippen molar-refractivity contribution in [3.8, 4) is 0 Å². The molecule has 0 aromatic carbocycles. The van der Waals surface area contributed by atoms with Crippen molar-refractivity contribution in [1.29, 1.82) is 0 Å². The fourth-order valence-electron chi connectivity index (χ4n) is 1.68. The molecule has 1 saturated heterocycles. The number of hydrogen-bond acceptors (Lipinski definition) is 6. The Kier molecular flexibility index (Phi) is 5.88. The third-order valence-electron chi connectivity index (χ3n) is 2.45. The molecule has 0 saturated carbocycles. The van der Waals surface area contributed by atoms with Gasteiger partial charge < -0.3 is 14.8 Å². The standard InChI is InChI=1S/C10H19N3O4/c1-11-5-8-6-13(3-4-17-8)7-9(14)12-10(15)16-2/h8,11H,3-7H2,1-2H3,(H,12,14,15). The molecule has 7 nitrogen and oxygen atoms in total. The maximum Gasteiger partial charge on any atom is 0.413 e. The minimum absolute atomic E-state index is 0.0830. The zero-order valence-electron chi connectivity index (χ0n) is 10.2. The average molecular weight is 245 g/mol. The summed E-state index contributed by atoms with van der Waals surface area (Å²) in [5.74, 6) is -0.359. The number of rotatable bonds is 4. The molecule has 2 amide bonds. The van der Waals surface area contributed by atoms with Crippen LogP contribution in [0.15, 0.2) is 0 Å². The van der Waals surface area contributed by atoms with Crippen molar-refractivity contribution in [1.82, 2.24) is 15.5 Å². The SMILES string of the molecule is CNCC1CN(CC(=O)NC(=O)OC)CCO1. The minimum Gasteiger partial charge on any atom is -0.453 e. The number of nitrogens with one attached hydrogen (secondary N) is 2. The first kappa shape index (κ1) is 13.9. The molecule has 1 heterocycles. The molecule has 1 atom stereocenters. The van der Waals surface area contributed by atoms with Crippen LogP contribution >= 0.6 is 0 Å². The van der Waals surface area contributed by atoms with E-state index in [-0.39, 0.29) is 18.6 Å². The van der Waals surface area contributed by atoms with Crippen LogP contribution in [-0.2, 0) is 14.3 Å². The number of methoxy groups -OCH3 is 1. The summed E-state index contributed by atoms with van der Waals surface area (Å²) in [7, 11) is 3.08. The van der Waals surface area contributed by atoms with Crippen LogP contribution in [0.3, 0.4) is 0 Å². The number of amides is 2. The molecule has 2 N–H and O–H groups in total. The topological polar surface area (TPSA) is 79.9 Å². The third-order valence-corrected chi connectivity index (χ3v) is 2.45. The van der Waals surface area contributed by atoms with Gasteiger partial charge in [0.2, 0.25) is 5.91 Å². The number of morpholine rings is 1.